The predicted molar refractivity (Wildman–Crippen MR) is 58.2 cm³/mol. The van der Waals surface area contributed by atoms with Gasteiger partial charge in [0.2, 0.25) is 0 Å². The van der Waals surface area contributed by atoms with Gasteiger partial charge >= 0.3 is 0 Å². The lowest BCUT2D eigenvalue weighted by atomic mass is 9.97. The summed E-state index contributed by atoms with van der Waals surface area (Å²) in [5, 5.41) is 0. The highest BCUT2D eigenvalue weighted by molar-refractivity contribution is 5.77. The number of hydrogen-bond acceptors (Lipinski definition) is 2. The van der Waals surface area contributed by atoms with Crippen molar-refractivity contribution in [3.8, 4) is 0 Å². The maximum atomic E-state index is 4.39. The Bertz CT molecular complexity index is 432. The van der Waals surface area contributed by atoms with E-state index in [9.17, 15) is 0 Å². The Morgan fingerprint density at radius 2 is 2.00 bits per heavy atom. The Labute approximate surface area is 84.0 Å². The van der Waals surface area contributed by atoms with Crippen molar-refractivity contribution in [3.63, 3.8) is 0 Å². The molecule has 0 radical (unpaired) electrons. The van der Waals surface area contributed by atoms with Crippen molar-refractivity contribution in [1.29, 1.82) is 0 Å². The molecule has 2 heteroatoms. The zero-order valence-electron chi connectivity index (χ0n) is 8.57. The van der Waals surface area contributed by atoms with E-state index in [4.69, 9.17) is 0 Å². The van der Waals surface area contributed by atoms with Crippen molar-refractivity contribution in [3.05, 3.63) is 36.2 Å². The van der Waals surface area contributed by atoms with Gasteiger partial charge in [-0.05, 0) is 24.0 Å². The fourth-order valence-corrected chi connectivity index (χ4v) is 1.63. The molecule has 0 spiro atoms. The van der Waals surface area contributed by atoms with E-state index >= 15 is 0 Å². The third-order valence-corrected chi connectivity index (χ3v) is 2.67. The van der Waals surface area contributed by atoms with Crippen LogP contribution in [0.3, 0.4) is 0 Å². The van der Waals surface area contributed by atoms with E-state index < -0.39 is 0 Å². The van der Waals surface area contributed by atoms with Crippen LogP contribution in [0, 0.1) is 0 Å². The van der Waals surface area contributed by atoms with Gasteiger partial charge in [0, 0.05) is 12.4 Å². The molecule has 0 amide bonds. The van der Waals surface area contributed by atoms with E-state index in [0.29, 0.717) is 5.92 Å². The van der Waals surface area contributed by atoms with Crippen molar-refractivity contribution in [2.45, 2.75) is 26.2 Å². The summed E-state index contributed by atoms with van der Waals surface area (Å²) in [5.41, 5.74) is 3.34. The minimum atomic E-state index is 0.551. The van der Waals surface area contributed by atoms with Crippen molar-refractivity contribution >= 4 is 11.0 Å². The van der Waals surface area contributed by atoms with E-state index in [1.165, 1.54) is 5.56 Å². The minimum Gasteiger partial charge on any atom is -0.253 e. The third-order valence-electron chi connectivity index (χ3n) is 2.67. The molecule has 0 fully saturated rings. The molecular weight excluding hydrogens is 172 g/mol. The first-order valence-corrected chi connectivity index (χ1v) is 5.02. The van der Waals surface area contributed by atoms with Gasteiger partial charge in [0.1, 0.15) is 0 Å². The number of rotatable bonds is 2. The summed E-state index contributed by atoms with van der Waals surface area (Å²) in [7, 11) is 0. The number of para-hydroxylation sites is 1. The maximum absolute atomic E-state index is 4.39. The van der Waals surface area contributed by atoms with Crippen LogP contribution in [-0.4, -0.2) is 9.97 Å². The van der Waals surface area contributed by atoms with Gasteiger partial charge < -0.3 is 0 Å². The molecule has 0 N–H and O–H groups in total. The van der Waals surface area contributed by atoms with Gasteiger partial charge in [-0.15, -0.1) is 0 Å². The third kappa shape index (κ3) is 1.48. The lowest BCUT2D eigenvalue weighted by Crippen LogP contribution is -1.95. The molecule has 0 bridgehead atoms. The standard InChI is InChI=1S/C12H14N2/c1-3-9(2)10-5-4-6-11-12(10)14-8-7-13-11/h4-9H,3H2,1-2H3. The number of hydrogen-bond donors (Lipinski definition) is 0. The first-order valence-electron chi connectivity index (χ1n) is 5.02. The van der Waals surface area contributed by atoms with E-state index in [1.807, 2.05) is 6.07 Å². The molecule has 0 aliphatic carbocycles. The van der Waals surface area contributed by atoms with Gasteiger partial charge in [0.25, 0.3) is 0 Å². The summed E-state index contributed by atoms with van der Waals surface area (Å²) in [5.74, 6) is 0.551. The predicted octanol–water partition coefficient (Wildman–Crippen LogP) is 3.14. The van der Waals surface area contributed by atoms with E-state index in [0.717, 1.165) is 17.5 Å². The van der Waals surface area contributed by atoms with Crippen LogP contribution >= 0.6 is 0 Å². The molecule has 2 nitrogen and oxygen atoms in total. The van der Waals surface area contributed by atoms with Crippen molar-refractivity contribution in [1.82, 2.24) is 9.97 Å². The molecule has 1 atom stereocenters. The number of benzene rings is 1. The number of fused-ring (bicyclic) bond motifs is 1. The zero-order chi connectivity index (χ0) is 9.97. The summed E-state index contributed by atoms with van der Waals surface area (Å²) >= 11 is 0. The van der Waals surface area contributed by atoms with Crippen LogP contribution in [0.25, 0.3) is 11.0 Å². The highest BCUT2D eigenvalue weighted by Gasteiger charge is 2.07. The van der Waals surface area contributed by atoms with Gasteiger partial charge in [-0.3, -0.25) is 9.97 Å². The number of nitrogens with zero attached hydrogens (tertiary/aromatic N) is 2. The summed E-state index contributed by atoms with van der Waals surface area (Å²) in [6.07, 6.45) is 4.63. The monoisotopic (exact) mass is 186 g/mol. The summed E-state index contributed by atoms with van der Waals surface area (Å²) < 4.78 is 0. The summed E-state index contributed by atoms with van der Waals surface area (Å²) in [4.78, 5) is 8.68. The van der Waals surface area contributed by atoms with Gasteiger partial charge in [-0.25, -0.2) is 0 Å². The SMILES string of the molecule is CCC(C)c1cccc2nccnc12. The molecule has 0 aliphatic rings. The Morgan fingerprint density at radius 3 is 2.79 bits per heavy atom. The Balaban J connectivity index is 2.65. The largest absolute Gasteiger partial charge is 0.253 e. The van der Waals surface area contributed by atoms with Crippen LogP contribution in [0.2, 0.25) is 0 Å². The molecule has 1 aromatic heterocycles. The quantitative estimate of drug-likeness (QED) is 0.720. The minimum absolute atomic E-state index is 0.551. The van der Waals surface area contributed by atoms with Crippen LogP contribution in [-0.2, 0) is 0 Å². The lowest BCUT2D eigenvalue weighted by Gasteiger charge is -2.10. The Morgan fingerprint density at radius 1 is 1.21 bits per heavy atom. The fraction of sp³-hybridized carbons (Fsp3) is 0.333. The average Bonchev–Trinajstić information content (AvgIpc) is 2.27. The Kier molecular flexibility index (Phi) is 2.44. The molecule has 1 heterocycles. The van der Waals surface area contributed by atoms with Crippen LogP contribution < -0.4 is 0 Å². The van der Waals surface area contributed by atoms with Crippen LogP contribution in [0.4, 0.5) is 0 Å². The van der Waals surface area contributed by atoms with Gasteiger partial charge in [-0.1, -0.05) is 26.0 Å². The summed E-state index contributed by atoms with van der Waals surface area (Å²) in [6, 6.07) is 6.21. The van der Waals surface area contributed by atoms with Gasteiger partial charge in [0.15, 0.2) is 0 Å². The molecule has 1 unspecified atom stereocenters. The van der Waals surface area contributed by atoms with Crippen LogP contribution in [0.15, 0.2) is 30.6 Å². The molecule has 1 aromatic carbocycles. The van der Waals surface area contributed by atoms with E-state index in [1.54, 1.807) is 12.4 Å². The summed E-state index contributed by atoms with van der Waals surface area (Å²) in [6.45, 7) is 4.42. The Hall–Kier alpha value is -1.44. The van der Waals surface area contributed by atoms with Gasteiger partial charge in [-0.2, -0.15) is 0 Å². The zero-order valence-corrected chi connectivity index (χ0v) is 8.57. The molecular formula is C12H14N2. The highest BCUT2D eigenvalue weighted by Crippen LogP contribution is 2.24. The maximum Gasteiger partial charge on any atom is 0.0921 e. The molecule has 72 valence electrons. The first kappa shape index (κ1) is 9.13. The van der Waals surface area contributed by atoms with E-state index in [-0.39, 0.29) is 0 Å². The molecule has 2 rings (SSSR count). The second-order valence-electron chi connectivity index (χ2n) is 3.58. The van der Waals surface area contributed by atoms with Crippen LogP contribution in [0.5, 0.6) is 0 Å². The van der Waals surface area contributed by atoms with Gasteiger partial charge in [0.05, 0.1) is 11.0 Å². The van der Waals surface area contributed by atoms with Crippen LogP contribution in [0.1, 0.15) is 31.7 Å². The molecule has 0 saturated carbocycles. The number of aromatic nitrogens is 2. The topological polar surface area (TPSA) is 25.8 Å². The molecule has 0 saturated heterocycles. The molecule has 14 heavy (non-hydrogen) atoms. The lowest BCUT2D eigenvalue weighted by molar-refractivity contribution is 0.737. The first-order chi connectivity index (χ1) is 6.83. The molecule has 2 aromatic rings. The second kappa shape index (κ2) is 3.74. The average molecular weight is 186 g/mol. The fourth-order valence-electron chi connectivity index (χ4n) is 1.63. The van der Waals surface area contributed by atoms with Crippen molar-refractivity contribution in [2.75, 3.05) is 0 Å². The molecule has 0 aliphatic heterocycles. The second-order valence-corrected chi connectivity index (χ2v) is 3.58. The van der Waals surface area contributed by atoms with E-state index in [2.05, 4.69) is 35.9 Å². The van der Waals surface area contributed by atoms with Crippen molar-refractivity contribution in [2.24, 2.45) is 0 Å². The van der Waals surface area contributed by atoms with Crippen molar-refractivity contribution < 1.29 is 0 Å². The normalized spacial score (nSPS) is 13.0. The highest BCUT2D eigenvalue weighted by atomic mass is 14.8. The smallest absolute Gasteiger partial charge is 0.0921 e.